The van der Waals surface area contributed by atoms with Gasteiger partial charge in [-0.05, 0) is 68.7 Å². The number of hydrogen-bond donors (Lipinski definition) is 1. The van der Waals surface area contributed by atoms with Crippen LogP contribution in [0.4, 0.5) is 5.69 Å². The minimum Gasteiger partial charge on any atom is -0.454 e. The molecule has 1 N–H and O–H groups in total. The number of aromatic nitrogens is 2. The SMILES string of the molecule is CCCCc1ccc(NC(=O)C(C)(C)n2nc(-c3ccc4c(c3)OCO4)ccc2=O)cc1. The number of carbonyl (C=O) groups excluding carboxylic acids is 1. The molecule has 7 nitrogen and oxygen atoms in total. The highest BCUT2D eigenvalue weighted by atomic mass is 16.7. The van der Waals surface area contributed by atoms with Crippen molar-refractivity contribution in [3.63, 3.8) is 0 Å². The van der Waals surface area contributed by atoms with Crippen molar-refractivity contribution in [2.45, 2.75) is 45.6 Å². The lowest BCUT2D eigenvalue weighted by Crippen LogP contribution is -2.47. The van der Waals surface area contributed by atoms with E-state index in [9.17, 15) is 9.59 Å². The third-order valence-corrected chi connectivity index (χ3v) is 5.58. The maximum absolute atomic E-state index is 13.1. The first-order valence-electron chi connectivity index (χ1n) is 10.8. The summed E-state index contributed by atoms with van der Waals surface area (Å²) in [5, 5.41) is 7.41. The predicted octanol–water partition coefficient (Wildman–Crippen LogP) is 4.36. The molecule has 4 rings (SSSR count). The zero-order chi connectivity index (χ0) is 22.7. The van der Waals surface area contributed by atoms with Gasteiger partial charge in [-0.15, -0.1) is 0 Å². The molecule has 0 bridgehead atoms. The van der Waals surface area contributed by atoms with E-state index in [0.29, 0.717) is 22.9 Å². The molecule has 0 atom stereocenters. The molecule has 1 aliphatic rings. The standard InChI is InChI=1S/C25H27N3O4/c1-4-5-6-17-7-10-19(11-8-17)26-24(30)25(2,3)28-23(29)14-12-20(27-28)18-9-13-21-22(15-18)32-16-31-21/h7-15H,4-6,16H2,1-3H3,(H,26,30). The maximum atomic E-state index is 13.1. The first kappa shape index (κ1) is 21.6. The molecule has 3 aromatic rings. The van der Waals surface area contributed by atoms with Gasteiger partial charge in [-0.3, -0.25) is 9.59 Å². The monoisotopic (exact) mass is 433 g/mol. The van der Waals surface area contributed by atoms with Gasteiger partial charge in [0.15, 0.2) is 11.5 Å². The van der Waals surface area contributed by atoms with Crippen LogP contribution in [0.15, 0.2) is 59.4 Å². The summed E-state index contributed by atoms with van der Waals surface area (Å²) in [5.41, 5.74) is 1.68. The molecule has 7 heteroatoms. The van der Waals surface area contributed by atoms with Gasteiger partial charge in [0.25, 0.3) is 11.5 Å². The second-order valence-electron chi connectivity index (χ2n) is 8.35. The van der Waals surface area contributed by atoms with Crippen molar-refractivity contribution in [1.82, 2.24) is 9.78 Å². The molecular weight excluding hydrogens is 406 g/mol. The Balaban J connectivity index is 1.57. The number of nitrogens with zero attached hydrogens (tertiary/aromatic N) is 2. The number of amides is 1. The Bertz CT molecular complexity index is 1180. The zero-order valence-electron chi connectivity index (χ0n) is 18.6. The van der Waals surface area contributed by atoms with Crippen molar-refractivity contribution in [2.75, 3.05) is 12.1 Å². The van der Waals surface area contributed by atoms with E-state index in [1.165, 1.54) is 16.3 Å². The molecule has 0 saturated carbocycles. The van der Waals surface area contributed by atoms with Crippen LogP contribution >= 0.6 is 0 Å². The van der Waals surface area contributed by atoms with Crippen LogP contribution in [-0.4, -0.2) is 22.5 Å². The van der Waals surface area contributed by atoms with E-state index in [1.54, 1.807) is 26.0 Å². The molecule has 166 valence electrons. The highest BCUT2D eigenvalue weighted by Crippen LogP contribution is 2.35. The number of hydrogen-bond acceptors (Lipinski definition) is 5. The number of anilines is 1. The molecule has 0 saturated heterocycles. The van der Waals surface area contributed by atoms with Crippen LogP contribution in [0.3, 0.4) is 0 Å². The van der Waals surface area contributed by atoms with E-state index in [-0.39, 0.29) is 18.3 Å². The number of carbonyl (C=O) groups is 1. The van der Waals surface area contributed by atoms with Crippen LogP contribution in [0.25, 0.3) is 11.3 Å². The van der Waals surface area contributed by atoms with Crippen LogP contribution in [0.1, 0.15) is 39.2 Å². The molecule has 1 amide bonds. The number of nitrogens with one attached hydrogen (secondary N) is 1. The van der Waals surface area contributed by atoms with Crippen molar-refractivity contribution in [1.29, 1.82) is 0 Å². The fourth-order valence-electron chi connectivity index (χ4n) is 3.54. The second kappa shape index (κ2) is 8.86. The second-order valence-corrected chi connectivity index (χ2v) is 8.35. The highest BCUT2D eigenvalue weighted by molar-refractivity contribution is 5.96. The molecule has 0 aliphatic carbocycles. The molecule has 1 aromatic heterocycles. The van der Waals surface area contributed by atoms with Crippen LogP contribution in [0.5, 0.6) is 11.5 Å². The third kappa shape index (κ3) is 4.37. The van der Waals surface area contributed by atoms with E-state index in [4.69, 9.17) is 9.47 Å². The molecule has 32 heavy (non-hydrogen) atoms. The lowest BCUT2D eigenvalue weighted by atomic mass is 10.0. The van der Waals surface area contributed by atoms with Crippen molar-refractivity contribution in [3.8, 4) is 22.8 Å². The summed E-state index contributed by atoms with van der Waals surface area (Å²) in [6, 6.07) is 16.3. The quantitative estimate of drug-likeness (QED) is 0.599. The molecule has 0 radical (unpaired) electrons. The Labute approximate surface area is 187 Å². The molecule has 2 heterocycles. The van der Waals surface area contributed by atoms with Crippen molar-refractivity contribution >= 4 is 11.6 Å². The molecule has 0 fully saturated rings. The lowest BCUT2D eigenvalue weighted by molar-refractivity contribution is -0.123. The van der Waals surface area contributed by atoms with Crippen molar-refractivity contribution < 1.29 is 14.3 Å². The Hall–Kier alpha value is -3.61. The Morgan fingerprint density at radius 1 is 1.06 bits per heavy atom. The lowest BCUT2D eigenvalue weighted by Gasteiger charge is -2.25. The van der Waals surface area contributed by atoms with Crippen molar-refractivity contribution in [3.05, 3.63) is 70.5 Å². The zero-order valence-corrected chi connectivity index (χ0v) is 18.6. The van der Waals surface area contributed by atoms with Gasteiger partial charge in [0, 0.05) is 17.3 Å². The number of fused-ring (bicyclic) bond motifs is 1. The Morgan fingerprint density at radius 3 is 2.56 bits per heavy atom. The minimum atomic E-state index is -1.20. The van der Waals surface area contributed by atoms with Crippen molar-refractivity contribution in [2.24, 2.45) is 0 Å². The van der Waals surface area contributed by atoms with Gasteiger partial charge < -0.3 is 14.8 Å². The highest BCUT2D eigenvalue weighted by Gasteiger charge is 2.32. The predicted molar refractivity (Wildman–Crippen MR) is 123 cm³/mol. The summed E-state index contributed by atoms with van der Waals surface area (Å²) in [5.74, 6) is 0.972. The number of benzene rings is 2. The maximum Gasteiger partial charge on any atom is 0.267 e. The topological polar surface area (TPSA) is 82.5 Å². The van der Waals surface area contributed by atoms with E-state index in [1.807, 2.05) is 36.4 Å². The molecule has 1 aliphatic heterocycles. The third-order valence-electron chi connectivity index (χ3n) is 5.58. The Kier molecular flexibility index (Phi) is 5.99. The molecule has 0 spiro atoms. The summed E-state index contributed by atoms with van der Waals surface area (Å²) < 4.78 is 12.0. The van der Waals surface area contributed by atoms with E-state index in [0.717, 1.165) is 24.8 Å². The van der Waals surface area contributed by atoms with Gasteiger partial charge in [0.1, 0.15) is 5.54 Å². The first-order chi connectivity index (χ1) is 15.4. The number of ether oxygens (including phenoxy) is 2. The summed E-state index contributed by atoms with van der Waals surface area (Å²) >= 11 is 0. The van der Waals surface area contributed by atoms with Gasteiger partial charge in [-0.2, -0.15) is 5.10 Å². The van der Waals surface area contributed by atoms with Crippen LogP contribution in [0.2, 0.25) is 0 Å². The van der Waals surface area contributed by atoms with Crippen LogP contribution < -0.4 is 20.3 Å². The Morgan fingerprint density at radius 2 is 1.81 bits per heavy atom. The summed E-state index contributed by atoms with van der Waals surface area (Å²) in [7, 11) is 0. The normalized spacial score (nSPS) is 12.6. The first-order valence-corrected chi connectivity index (χ1v) is 10.8. The number of unbranched alkanes of at least 4 members (excludes halogenated alkanes) is 1. The fraction of sp³-hybridized carbons (Fsp3) is 0.320. The van der Waals surface area contributed by atoms with Gasteiger partial charge in [-0.1, -0.05) is 25.5 Å². The van der Waals surface area contributed by atoms with Crippen LogP contribution in [0, 0.1) is 0 Å². The van der Waals surface area contributed by atoms with E-state index < -0.39 is 5.54 Å². The van der Waals surface area contributed by atoms with Gasteiger partial charge in [0.05, 0.1) is 5.69 Å². The summed E-state index contributed by atoms with van der Waals surface area (Å²) in [4.78, 5) is 25.7. The number of rotatable bonds is 7. The largest absolute Gasteiger partial charge is 0.454 e. The van der Waals surface area contributed by atoms with Crippen LogP contribution in [-0.2, 0) is 16.8 Å². The fourth-order valence-corrected chi connectivity index (χ4v) is 3.54. The summed E-state index contributed by atoms with van der Waals surface area (Å²) in [6.07, 6.45) is 3.29. The van der Waals surface area contributed by atoms with Gasteiger partial charge in [0.2, 0.25) is 6.79 Å². The van der Waals surface area contributed by atoms with E-state index >= 15 is 0 Å². The van der Waals surface area contributed by atoms with Gasteiger partial charge in [-0.25, -0.2) is 4.68 Å². The smallest absolute Gasteiger partial charge is 0.267 e. The molecule has 2 aromatic carbocycles. The average Bonchev–Trinajstić information content (AvgIpc) is 3.26. The van der Waals surface area contributed by atoms with Gasteiger partial charge >= 0.3 is 0 Å². The minimum absolute atomic E-state index is 0.179. The van der Waals surface area contributed by atoms with E-state index in [2.05, 4.69) is 17.3 Å². The molecule has 0 unspecified atom stereocenters. The average molecular weight is 434 g/mol. The molecular formula is C25H27N3O4. The number of aryl methyl sites for hydroxylation is 1. The summed E-state index contributed by atoms with van der Waals surface area (Å²) in [6.45, 7) is 5.69.